The highest BCUT2D eigenvalue weighted by atomic mass is 19.1. The van der Waals surface area contributed by atoms with Gasteiger partial charge in [0.1, 0.15) is 24.3 Å². The second-order valence-corrected chi connectivity index (χ2v) is 8.51. The summed E-state index contributed by atoms with van der Waals surface area (Å²) in [4.78, 5) is 14.8. The number of benzene rings is 2. The van der Waals surface area contributed by atoms with E-state index in [4.69, 9.17) is 4.74 Å². The number of β-amino-alcohol motifs (C(OH)–C–C–N with tert-alkyl or cyclic N) is 1. The standard InChI is InChI=1S/C25H30FNO3/c26-21-10-8-19(9-11-21)25(29)20-12-14-27(15-13-20)16-22(28)17-30-24-7-3-5-18-4-1-2-6-23(18)24/h3,5,7-11,20,22,28H,1-2,4,6,12-17H2. The highest BCUT2D eigenvalue weighted by Crippen LogP contribution is 2.29. The number of ketones is 1. The fourth-order valence-electron chi connectivity index (χ4n) is 4.65. The fraction of sp³-hybridized carbons (Fsp3) is 0.480. The molecule has 2 aliphatic rings. The van der Waals surface area contributed by atoms with Crippen LogP contribution in [0.1, 0.15) is 47.2 Å². The van der Waals surface area contributed by atoms with E-state index in [2.05, 4.69) is 11.0 Å². The van der Waals surface area contributed by atoms with Crippen molar-refractivity contribution in [2.45, 2.75) is 44.6 Å². The molecule has 1 heterocycles. The molecule has 1 atom stereocenters. The van der Waals surface area contributed by atoms with Gasteiger partial charge in [0.25, 0.3) is 0 Å². The zero-order valence-electron chi connectivity index (χ0n) is 17.4. The molecule has 0 aromatic heterocycles. The van der Waals surface area contributed by atoms with E-state index in [9.17, 15) is 14.3 Å². The number of Topliss-reactive ketones (excluding diaryl/α,β-unsaturated/α-hetero) is 1. The molecule has 1 saturated heterocycles. The van der Waals surface area contributed by atoms with Gasteiger partial charge in [0.15, 0.2) is 5.78 Å². The molecule has 0 saturated carbocycles. The third kappa shape index (κ3) is 5.08. The molecule has 2 aromatic rings. The molecule has 1 unspecified atom stereocenters. The molecule has 5 heteroatoms. The molecule has 30 heavy (non-hydrogen) atoms. The molecule has 0 spiro atoms. The third-order valence-corrected chi connectivity index (χ3v) is 6.34. The molecule has 1 N–H and O–H groups in total. The van der Waals surface area contributed by atoms with Crippen molar-refractivity contribution in [2.75, 3.05) is 26.2 Å². The van der Waals surface area contributed by atoms with Gasteiger partial charge >= 0.3 is 0 Å². The number of nitrogens with zero attached hydrogens (tertiary/aromatic N) is 1. The van der Waals surface area contributed by atoms with Crippen LogP contribution in [0.4, 0.5) is 4.39 Å². The molecule has 4 rings (SSSR count). The van der Waals surface area contributed by atoms with Crippen LogP contribution in [0, 0.1) is 11.7 Å². The monoisotopic (exact) mass is 411 g/mol. The van der Waals surface area contributed by atoms with Crippen molar-refractivity contribution in [3.63, 3.8) is 0 Å². The number of aryl methyl sites for hydroxylation is 1. The number of rotatable bonds is 7. The topological polar surface area (TPSA) is 49.8 Å². The quantitative estimate of drug-likeness (QED) is 0.699. The third-order valence-electron chi connectivity index (χ3n) is 6.34. The Labute approximate surface area is 177 Å². The van der Waals surface area contributed by atoms with Crippen molar-refractivity contribution in [2.24, 2.45) is 5.92 Å². The van der Waals surface area contributed by atoms with Gasteiger partial charge in [-0.1, -0.05) is 12.1 Å². The number of aliphatic hydroxyl groups excluding tert-OH is 1. The van der Waals surface area contributed by atoms with Gasteiger partial charge < -0.3 is 14.7 Å². The molecule has 0 radical (unpaired) electrons. The van der Waals surface area contributed by atoms with Crippen LogP contribution in [0.2, 0.25) is 0 Å². The second-order valence-electron chi connectivity index (χ2n) is 8.51. The normalized spacial score (nSPS) is 18.6. The number of aliphatic hydroxyl groups is 1. The summed E-state index contributed by atoms with van der Waals surface area (Å²) < 4.78 is 19.0. The molecule has 0 bridgehead atoms. The molecular formula is C25H30FNO3. The van der Waals surface area contributed by atoms with Crippen molar-refractivity contribution in [1.82, 2.24) is 4.90 Å². The Morgan fingerprint density at radius 1 is 1.10 bits per heavy atom. The number of fused-ring (bicyclic) bond motifs is 1. The Morgan fingerprint density at radius 3 is 2.60 bits per heavy atom. The molecule has 4 nitrogen and oxygen atoms in total. The lowest BCUT2D eigenvalue weighted by atomic mass is 9.89. The maximum atomic E-state index is 13.1. The number of halogens is 1. The van der Waals surface area contributed by atoms with E-state index in [0.717, 1.165) is 44.5 Å². The van der Waals surface area contributed by atoms with Gasteiger partial charge in [0.2, 0.25) is 0 Å². The van der Waals surface area contributed by atoms with E-state index in [0.29, 0.717) is 12.1 Å². The lowest BCUT2D eigenvalue weighted by molar-refractivity contribution is 0.0521. The number of hydrogen-bond donors (Lipinski definition) is 1. The maximum absolute atomic E-state index is 13.1. The first-order chi connectivity index (χ1) is 14.6. The summed E-state index contributed by atoms with van der Waals surface area (Å²) in [7, 11) is 0. The van der Waals surface area contributed by atoms with E-state index in [1.54, 1.807) is 12.1 Å². The molecule has 1 aliphatic carbocycles. The summed E-state index contributed by atoms with van der Waals surface area (Å²) >= 11 is 0. The Balaban J connectivity index is 1.23. The van der Waals surface area contributed by atoms with E-state index in [1.165, 1.54) is 36.1 Å². The van der Waals surface area contributed by atoms with Crippen molar-refractivity contribution in [1.29, 1.82) is 0 Å². The van der Waals surface area contributed by atoms with Crippen molar-refractivity contribution in [3.05, 3.63) is 65.0 Å². The van der Waals surface area contributed by atoms with Crippen molar-refractivity contribution >= 4 is 5.78 Å². The minimum Gasteiger partial charge on any atom is -0.491 e. The smallest absolute Gasteiger partial charge is 0.166 e. The van der Waals surface area contributed by atoms with E-state index >= 15 is 0 Å². The average Bonchev–Trinajstić information content (AvgIpc) is 2.78. The molecule has 0 amide bonds. The molecule has 1 fully saturated rings. The van der Waals surface area contributed by atoms with Gasteiger partial charge in [-0.05, 0) is 93.1 Å². The Bertz CT molecular complexity index is 859. The number of ether oxygens (including phenoxy) is 1. The summed E-state index contributed by atoms with van der Waals surface area (Å²) in [5, 5.41) is 10.5. The van der Waals surface area contributed by atoms with Gasteiger partial charge in [0.05, 0.1) is 0 Å². The zero-order valence-corrected chi connectivity index (χ0v) is 17.4. The number of hydrogen-bond acceptors (Lipinski definition) is 4. The van der Waals surface area contributed by atoms with Crippen LogP contribution in [-0.2, 0) is 12.8 Å². The Morgan fingerprint density at radius 2 is 1.83 bits per heavy atom. The minimum absolute atomic E-state index is 0.0315. The first kappa shape index (κ1) is 21.0. The highest BCUT2D eigenvalue weighted by molar-refractivity contribution is 5.97. The van der Waals surface area contributed by atoms with Crippen LogP contribution in [0.5, 0.6) is 5.75 Å². The van der Waals surface area contributed by atoms with Gasteiger partial charge in [-0.25, -0.2) is 4.39 Å². The van der Waals surface area contributed by atoms with Crippen LogP contribution in [-0.4, -0.2) is 48.1 Å². The van der Waals surface area contributed by atoms with Gasteiger partial charge in [-0.15, -0.1) is 0 Å². The average molecular weight is 412 g/mol. The first-order valence-corrected chi connectivity index (χ1v) is 11.0. The number of piperidine rings is 1. The first-order valence-electron chi connectivity index (χ1n) is 11.0. The van der Waals surface area contributed by atoms with Gasteiger partial charge in [-0.3, -0.25) is 4.79 Å². The Kier molecular flexibility index (Phi) is 6.80. The van der Waals surface area contributed by atoms with E-state index in [1.807, 2.05) is 12.1 Å². The molecule has 2 aromatic carbocycles. The largest absolute Gasteiger partial charge is 0.491 e. The molecule has 1 aliphatic heterocycles. The fourth-order valence-corrected chi connectivity index (χ4v) is 4.65. The van der Waals surface area contributed by atoms with Gasteiger partial charge in [0, 0.05) is 18.0 Å². The lowest BCUT2D eigenvalue weighted by Crippen LogP contribution is -2.42. The van der Waals surface area contributed by atoms with Crippen LogP contribution >= 0.6 is 0 Å². The summed E-state index contributed by atoms with van der Waals surface area (Å²) in [5.74, 6) is 0.645. The van der Waals surface area contributed by atoms with Gasteiger partial charge in [-0.2, -0.15) is 0 Å². The number of carbonyl (C=O) groups is 1. The van der Waals surface area contributed by atoms with Crippen LogP contribution in [0.3, 0.4) is 0 Å². The van der Waals surface area contributed by atoms with E-state index in [-0.39, 0.29) is 24.1 Å². The zero-order chi connectivity index (χ0) is 20.9. The van der Waals surface area contributed by atoms with E-state index < -0.39 is 6.10 Å². The molecule has 160 valence electrons. The van der Waals surface area contributed by atoms with Crippen LogP contribution < -0.4 is 4.74 Å². The number of likely N-dealkylation sites (tertiary alicyclic amines) is 1. The second kappa shape index (κ2) is 9.71. The maximum Gasteiger partial charge on any atom is 0.166 e. The SMILES string of the molecule is O=C(c1ccc(F)cc1)C1CCN(CC(O)COc2cccc3c2CCCC3)CC1. The summed E-state index contributed by atoms with van der Waals surface area (Å²) in [5.41, 5.74) is 3.26. The Hall–Kier alpha value is -2.24. The van der Waals surface area contributed by atoms with Crippen molar-refractivity contribution < 1.29 is 19.0 Å². The predicted octanol–water partition coefficient (Wildman–Crippen LogP) is 4.04. The number of carbonyl (C=O) groups excluding carboxylic acids is 1. The summed E-state index contributed by atoms with van der Waals surface area (Å²) in [6, 6.07) is 12.0. The molecular weight excluding hydrogens is 381 g/mol. The minimum atomic E-state index is -0.561. The summed E-state index contributed by atoms with van der Waals surface area (Å²) in [6.07, 6.45) is 5.55. The highest BCUT2D eigenvalue weighted by Gasteiger charge is 2.27. The summed E-state index contributed by atoms with van der Waals surface area (Å²) in [6.45, 7) is 2.38. The van der Waals surface area contributed by atoms with Crippen molar-refractivity contribution in [3.8, 4) is 5.75 Å². The van der Waals surface area contributed by atoms with Crippen LogP contribution in [0.15, 0.2) is 42.5 Å². The predicted molar refractivity (Wildman–Crippen MR) is 114 cm³/mol. The van der Waals surface area contributed by atoms with Crippen LogP contribution in [0.25, 0.3) is 0 Å². The lowest BCUT2D eigenvalue weighted by Gasteiger charge is -2.32.